The van der Waals surface area contributed by atoms with Gasteiger partial charge in [-0.15, -0.1) is 0 Å². The van der Waals surface area contributed by atoms with Crippen molar-refractivity contribution in [1.82, 2.24) is 5.32 Å². The number of amides is 1. The number of nitrogens with one attached hydrogen (secondary N) is 2. The average Bonchev–Trinajstić information content (AvgIpc) is 2.31. The number of ether oxygens (including phenoxy) is 1. The maximum absolute atomic E-state index is 11.7. The maximum atomic E-state index is 11.7. The quantitative estimate of drug-likeness (QED) is 0.699. The summed E-state index contributed by atoms with van der Waals surface area (Å²) >= 11 is 0. The minimum absolute atomic E-state index is 0.0328. The Hall–Kier alpha value is -1.91. The van der Waals surface area contributed by atoms with Crippen molar-refractivity contribution in [3.8, 4) is 5.75 Å². The van der Waals surface area contributed by atoms with Crippen molar-refractivity contribution in [2.75, 3.05) is 24.2 Å². The predicted octanol–water partition coefficient (Wildman–Crippen LogP) is 2.38. The molecule has 1 aromatic rings. The number of carbonyl (C=O) groups excluding carboxylic acids is 1. The highest BCUT2D eigenvalue weighted by Gasteiger charge is 2.13. The highest BCUT2D eigenvalue weighted by Crippen LogP contribution is 2.25. The average molecular weight is 279 g/mol. The fourth-order valence-electron chi connectivity index (χ4n) is 1.73. The SMILES string of the molecule is CCOc1cc(NCCC(=O)NC(C)(C)C)ccc1N. The van der Waals surface area contributed by atoms with E-state index in [1.165, 1.54) is 0 Å². The topological polar surface area (TPSA) is 76.4 Å². The zero-order valence-corrected chi connectivity index (χ0v) is 12.7. The second kappa shape index (κ2) is 7.03. The molecule has 1 amide bonds. The Morgan fingerprint density at radius 3 is 2.65 bits per heavy atom. The molecule has 0 radical (unpaired) electrons. The monoisotopic (exact) mass is 279 g/mol. The Balaban J connectivity index is 2.46. The third kappa shape index (κ3) is 5.82. The Labute approximate surface area is 120 Å². The van der Waals surface area contributed by atoms with E-state index in [0.717, 1.165) is 5.69 Å². The first-order valence-electron chi connectivity index (χ1n) is 6.89. The fraction of sp³-hybridized carbons (Fsp3) is 0.533. The molecule has 0 atom stereocenters. The molecule has 0 saturated heterocycles. The van der Waals surface area contributed by atoms with Crippen LogP contribution in [0.3, 0.4) is 0 Å². The van der Waals surface area contributed by atoms with E-state index in [9.17, 15) is 4.79 Å². The summed E-state index contributed by atoms with van der Waals surface area (Å²) < 4.78 is 5.43. The van der Waals surface area contributed by atoms with E-state index in [4.69, 9.17) is 10.5 Å². The summed E-state index contributed by atoms with van der Waals surface area (Å²) in [6.07, 6.45) is 0.422. The summed E-state index contributed by atoms with van der Waals surface area (Å²) in [5.74, 6) is 0.696. The molecule has 5 nitrogen and oxygen atoms in total. The van der Waals surface area contributed by atoms with Gasteiger partial charge in [0.2, 0.25) is 5.91 Å². The third-order valence-electron chi connectivity index (χ3n) is 2.51. The summed E-state index contributed by atoms with van der Waals surface area (Å²) in [5.41, 5.74) is 7.12. The first-order valence-corrected chi connectivity index (χ1v) is 6.89. The van der Waals surface area contributed by atoms with Crippen LogP contribution >= 0.6 is 0 Å². The molecular formula is C15H25N3O2. The molecule has 0 unspecified atom stereocenters. The van der Waals surface area contributed by atoms with Crippen LogP contribution in [0.2, 0.25) is 0 Å². The molecule has 0 aliphatic carbocycles. The van der Waals surface area contributed by atoms with Crippen LogP contribution in [0.25, 0.3) is 0 Å². The number of carbonyl (C=O) groups is 1. The number of rotatable bonds is 6. The van der Waals surface area contributed by atoms with E-state index in [1.807, 2.05) is 39.8 Å². The van der Waals surface area contributed by atoms with E-state index < -0.39 is 0 Å². The molecule has 20 heavy (non-hydrogen) atoms. The van der Waals surface area contributed by atoms with Gasteiger partial charge in [0.1, 0.15) is 5.75 Å². The van der Waals surface area contributed by atoms with Crippen LogP contribution in [-0.4, -0.2) is 24.6 Å². The van der Waals surface area contributed by atoms with Gasteiger partial charge in [0, 0.05) is 30.3 Å². The van der Waals surface area contributed by atoms with E-state index in [2.05, 4.69) is 10.6 Å². The van der Waals surface area contributed by atoms with Crippen molar-refractivity contribution < 1.29 is 9.53 Å². The first kappa shape index (κ1) is 16.1. The van der Waals surface area contributed by atoms with Gasteiger partial charge in [0.25, 0.3) is 0 Å². The fourth-order valence-corrected chi connectivity index (χ4v) is 1.73. The highest BCUT2D eigenvalue weighted by molar-refractivity contribution is 5.77. The Bertz CT molecular complexity index is 453. The Morgan fingerprint density at radius 1 is 1.35 bits per heavy atom. The predicted molar refractivity (Wildman–Crippen MR) is 83.0 cm³/mol. The summed E-state index contributed by atoms with van der Waals surface area (Å²) in [6, 6.07) is 5.52. The smallest absolute Gasteiger partial charge is 0.222 e. The molecule has 0 bridgehead atoms. The van der Waals surface area contributed by atoms with Gasteiger partial charge in [0.15, 0.2) is 0 Å². The number of benzene rings is 1. The number of hydrogen-bond acceptors (Lipinski definition) is 4. The van der Waals surface area contributed by atoms with Crippen LogP contribution < -0.4 is 21.1 Å². The van der Waals surface area contributed by atoms with Gasteiger partial charge in [0.05, 0.1) is 12.3 Å². The minimum atomic E-state index is -0.194. The van der Waals surface area contributed by atoms with Crippen LogP contribution in [0.15, 0.2) is 18.2 Å². The third-order valence-corrected chi connectivity index (χ3v) is 2.51. The summed E-state index contributed by atoms with van der Waals surface area (Å²) in [6.45, 7) is 8.95. The van der Waals surface area contributed by atoms with Crippen molar-refractivity contribution in [3.63, 3.8) is 0 Å². The van der Waals surface area contributed by atoms with E-state index >= 15 is 0 Å². The molecule has 0 fully saturated rings. The molecule has 1 rings (SSSR count). The van der Waals surface area contributed by atoms with Gasteiger partial charge in [-0.3, -0.25) is 4.79 Å². The number of hydrogen-bond donors (Lipinski definition) is 3. The zero-order valence-electron chi connectivity index (χ0n) is 12.7. The second-order valence-electron chi connectivity index (χ2n) is 5.66. The molecule has 0 saturated carbocycles. The van der Waals surface area contributed by atoms with E-state index in [-0.39, 0.29) is 11.4 Å². The van der Waals surface area contributed by atoms with E-state index in [1.54, 1.807) is 6.07 Å². The lowest BCUT2D eigenvalue weighted by Crippen LogP contribution is -2.41. The molecule has 0 heterocycles. The van der Waals surface area contributed by atoms with Gasteiger partial charge in [-0.05, 0) is 39.8 Å². The van der Waals surface area contributed by atoms with Crippen molar-refractivity contribution in [3.05, 3.63) is 18.2 Å². The van der Waals surface area contributed by atoms with Crippen LogP contribution in [0.5, 0.6) is 5.75 Å². The van der Waals surface area contributed by atoms with E-state index in [0.29, 0.717) is 31.0 Å². The molecule has 0 aliphatic heterocycles. The lowest BCUT2D eigenvalue weighted by molar-refractivity contribution is -0.122. The van der Waals surface area contributed by atoms with Crippen molar-refractivity contribution in [2.45, 2.75) is 39.7 Å². The van der Waals surface area contributed by atoms with Gasteiger partial charge in [-0.1, -0.05) is 0 Å². The molecular weight excluding hydrogens is 254 g/mol. The molecule has 4 N–H and O–H groups in total. The largest absolute Gasteiger partial charge is 0.492 e. The minimum Gasteiger partial charge on any atom is -0.492 e. The molecule has 5 heteroatoms. The number of nitrogens with two attached hydrogens (primary N) is 1. The molecule has 0 spiro atoms. The normalized spacial score (nSPS) is 11.0. The van der Waals surface area contributed by atoms with Crippen molar-refractivity contribution >= 4 is 17.3 Å². The molecule has 112 valence electrons. The van der Waals surface area contributed by atoms with Crippen molar-refractivity contribution in [1.29, 1.82) is 0 Å². The number of nitrogen functional groups attached to an aromatic ring is 1. The summed E-state index contributed by atoms with van der Waals surface area (Å²) in [4.78, 5) is 11.7. The standard InChI is InChI=1S/C15H25N3O2/c1-5-20-13-10-11(6-7-12(13)16)17-9-8-14(19)18-15(2,3)4/h6-7,10,17H,5,8-9,16H2,1-4H3,(H,18,19). The van der Waals surface area contributed by atoms with Gasteiger partial charge in [-0.25, -0.2) is 0 Å². The molecule has 0 aliphatic rings. The van der Waals surface area contributed by atoms with Crippen LogP contribution in [0.4, 0.5) is 11.4 Å². The second-order valence-corrected chi connectivity index (χ2v) is 5.66. The first-order chi connectivity index (χ1) is 9.31. The lowest BCUT2D eigenvalue weighted by atomic mass is 10.1. The van der Waals surface area contributed by atoms with Crippen LogP contribution in [0.1, 0.15) is 34.1 Å². The highest BCUT2D eigenvalue weighted by atomic mass is 16.5. The Morgan fingerprint density at radius 2 is 2.05 bits per heavy atom. The molecule has 0 aromatic heterocycles. The van der Waals surface area contributed by atoms with Gasteiger partial charge >= 0.3 is 0 Å². The lowest BCUT2D eigenvalue weighted by Gasteiger charge is -2.20. The maximum Gasteiger partial charge on any atom is 0.222 e. The summed E-state index contributed by atoms with van der Waals surface area (Å²) in [7, 11) is 0. The van der Waals surface area contributed by atoms with Crippen molar-refractivity contribution in [2.24, 2.45) is 0 Å². The summed E-state index contributed by atoms with van der Waals surface area (Å²) in [5, 5.41) is 6.11. The van der Waals surface area contributed by atoms with Crippen LogP contribution in [0, 0.1) is 0 Å². The Kier molecular flexibility index (Phi) is 5.67. The van der Waals surface area contributed by atoms with Gasteiger partial charge < -0.3 is 21.1 Å². The van der Waals surface area contributed by atoms with Gasteiger partial charge in [-0.2, -0.15) is 0 Å². The van der Waals surface area contributed by atoms with Crippen LogP contribution in [-0.2, 0) is 4.79 Å². The zero-order chi connectivity index (χ0) is 15.2. The molecule has 1 aromatic carbocycles. The number of anilines is 2.